The van der Waals surface area contributed by atoms with Crippen LogP contribution in [0.4, 0.5) is 0 Å². The second kappa shape index (κ2) is 9.09. The summed E-state index contributed by atoms with van der Waals surface area (Å²) in [5.74, 6) is 1.18. The van der Waals surface area contributed by atoms with Gasteiger partial charge in [0, 0.05) is 31.1 Å². The molecule has 1 saturated carbocycles. The summed E-state index contributed by atoms with van der Waals surface area (Å²) in [7, 11) is 0. The van der Waals surface area contributed by atoms with Crippen LogP contribution in [0, 0.1) is 17.3 Å². The topological polar surface area (TPSA) is 52.6 Å². The fraction of sp³-hybridized carbons (Fsp3) is 0.680. The number of nitrogens with one attached hydrogen (secondary N) is 1. The van der Waals surface area contributed by atoms with Gasteiger partial charge < -0.3 is 15.1 Å². The molecule has 1 unspecified atom stereocenters. The minimum atomic E-state index is 0.0860. The smallest absolute Gasteiger partial charge is 0.254 e. The maximum Gasteiger partial charge on any atom is 0.254 e. The van der Waals surface area contributed by atoms with Crippen molar-refractivity contribution in [1.82, 2.24) is 15.1 Å². The van der Waals surface area contributed by atoms with Crippen LogP contribution in [0.3, 0.4) is 0 Å². The Labute approximate surface area is 181 Å². The minimum absolute atomic E-state index is 0.0860. The quantitative estimate of drug-likeness (QED) is 0.779. The molecule has 1 aromatic rings. The average molecular weight is 412 g/mol. The molecule has 2 heterocycles. The van der Waals surface area contributed by atoms with Crippen molar-refractivity contribution in [3.8, 4) is 0 Å². The lowest BCUT2D eigenvalue weighted by atomic mass is 9.66. The summed E-state index contributed by atoms with van der Waals surface area (Å²) in [6.07, 6.45) is 6.46. The summed E-state index contributed by atoms with van der Waals surface area (Å²) < 4.78 is 0. The number of benzene rings is 1. The van der Waals surface area contributed by atoms with E-state index in [-0.39, 0.29) is 29.2 Å². The van der Waals surface area contributed by atoms with Crippen molar-refractivity contribution in [1.29, 1.82) is 0 Å². The molecule has 3 aliphatic rings. The summed E-state index contributed by atoms with van der Waals surface area (Å²) in [6.45, 7) is 9.28. The highest BCUT2D eigenvalue weighted by atomic mass is 16.2. The molecule has 2 amide bonds. The van der Waals surface area contributed by atoms with E-state index in [1.165, 1.54) is 0 Å². The van der Waals surface area contributed by atoms with Gasteiger partial charge in [0.25, 0.3) is 5.91 Å². The van der Waals surface area contributed by atoms with E-state index in [4.69, 9.17) is 0 Å². The standard InChI is InChI=1S/C25H37N3O2/c1-19(2)18-27-15-12-25(13-16-27)11-6-14-28(24(30)21-7-4-3-5-8-21)22(25)17-26-23(29)20-9-10-20/h3-5,7-8,19-20,22H,6,9-18H2,1-2H3,(H,26,29). The number of nitrogens with zero attached hydrogens (tertiary/aromatic N) is 2. The Kier molecular flexibility index (Phi) is 6.47. The lowest BCUT2D eigenvalue weighted by molar-refractivity contribution is -0.123. The van der Waals surface area contributed by atoms with E-state index in [0.29, 0.717) is 12.5 Å². The van der Waals surface area contributed by atoms with E-state index < -0.39 is 0 Å². The monoisotopic (exact) mass is 411 g/mol. The Morgan fingerprint density at radius 1 is 1.07 bits per heavy atom. The van der Waals surface area contributed by atoms with E-state index in [2.05, 4.69) is 29.0 Å². The van der Waals surface area contributed by atoms with Crippen molar-refractivity contribution >= 4 is 11.8 Å². The van der Waals surface area contributed by atoms with Crippen LogP contribution in [0.25, 0.3) is 0 Å². The van der Waals surface area contributed by atoms with Gasteiger partial charge in [0.05, 0.1) is 6.04 Å². The van der Waals surface area contributed by atoms with Crippen LogP contribution in [0.1, 0.15) is 62.7 Å². The third kappa shape index (κ3) is 4.72. The fourth-order valence-electron chi connectivity index (χ4n) is 5.54. The molecule has 164 valence electrons. The molecule has 1 aliphatic carbocycles. The molecule has 2 saturated heterocycles. The van der Waals surface area contributed by atoms with Crippen LogP contribution in [0.15, 0.2) is 30.3 Å². The van der Waals surface area contributed by atoms with Crippen LogP contribution >= 0.6 is 0 Å². The van der Waals surface area contributed by atoms with E-state index in [1.54, 1.807) is 0 Å². The zero-order valence-corrected chi connectivity index (χ0v) is 18.6. The number of rotatable bonds is 6. The number of piperidine rings is 2. The summed E-state index contributed by atoms with van der Waals surface area (Å²) in [5.41, 5.74) is 0.873. The Morgan fingerprint density at radius 3 is 2.40 bits per heavy atom. The van der Waals surface area contributed by atoms with E-state index >= 15 is 0 Å². The van der Waals surface area contributed by atoms with Crippen LogP contribution < -0.4 is 5.32 Å². The Hall–Kier alpha value is -1.88. The third-order valence-corrected chi connectivity index (χ3v) is 7.33. The van der Waals surface area contributed by atoms with Gasteiger partial charge >= 0.3 is 0 Å². The predicted molar refractivity (Wildman–Crippen MR) is 119 cm³/mol. The van der Waals surface area contributed by atoms with E-state index in [1.807, 2.05) is 30.3 Å². The predicted octanol–water partition coefficient (Wildman–Crippen LogP) is 3.56. The summed E-state index contributed by atoms with van der Waals surface area (Å²) in [4.78, 5) is 30.5. The Morgan fingerprint density at radius 2 is 1.77 bits per heavy atom. The van der Waals surface area contributed by atoms with Crippen molar-refractivity contribution in [2.24, 2.45) is 17.3 Å². The van der Waals surface area contributed by atoms with Gasteiger partial charge in [-0.2, -0.15) is 0 Å². The molecule has 1 N–H and O–H groups in total. The van der Waals surface area contributed by atoms with Gasteiger partial charge in [-0.1, -0.05) is 32.0 Å². The van der Waals surface area contributed by atoms with Crippen molar-refractivity contribution in [2.45, 2.75) is 58.4 Å². The molecular formula is C25H37N3O2. The van der Waals surface area contributed by atoms with Crippen molar-refractivity contribution < 1.29 is 9.59 Å². The van der Waals surface area contributed by atoms with Gasteiger partial charge in [0.2, 0.25) is 5.91 Å². The van der Waals surface area contributed by atoms with E-state index in [0.717, 1.165) is 70.3 Å². The molecule has 0 bridgehead atoms. The Balaban J connectivity index is 1.53. The molecule has 5 heteroatoms. The molecule has 3 fully saturated rings. The maximum absolute atomic E-state index is 13.4. The van der Waals surface area contributed by atoms with Gasteiger partial charge in [-0.15, -0.1) is 0 Å². The lowest BCUT2D eigenvalue weighted by Crippen LogP contribution is -2.61. The van der Waals surface area contributed by atoms with Crippen molar-refractivity contribution in [3.63, 3.8) is 0 Å². The minimum Gasteiger partial charge on any atom is -0.354 e. The van der Waals surface area contributed by atoms with Gasteiger partial charge in [-0.05, 0) is 75.1 Å². The number of hydrogen-bond donors (Lipinski definition) is 1. The largest absolute Gasteiger partial charge is 0.354 e. The first-order chi connectivity index (χ1) is 14.5. The van der Waals surface area contributed by atoms with Gasteiger partial charge in [0.1, 0.15) is 0 Å². The Bertz CT molecular complexity index is 736. The first-order valence-corrected chi connectivity index (χ1v) is 11.8. The molecule has 5 nitrogen and oxygen atoms in total. The summed E-state index contributed by atoms with van der Waals surface area (Å²) in [6, 6.07) is 9.72. The van der Waals surface area contributed by atoms with E-state index in [9.17, 15) is 9.59 Å². The van der Waals surface area contributed by atoms with Crippen molar-refractivity contribution in [3.05, 3.63) is 35.9 Å². The van der Waals surface area contributed by atoms with Crippen LogP contribution in [0.5, 0.6) is 0 Å². The van der Waals surface area contributed by atoms with Gasteiger partial charge in [-0.3, -0.25) is 9.59 Å². The number of carbonyl (C=O) groups is 2. The highest BCUT2D eigenvalue weighted by Gasteiger charge is 2.48. The summed E-state index contributed by atoms with van der Waals surface area (Å²) >= 11 is 0. The molecule has 1 spiro atoms. The number of hydrogen-bond acceptors (Lipinski definition) is 3. The average Bonchev–Trinajstić information content (AvgIpc) is 3.60. The molecule has 30 heavy (non-hydrogen) atoms. The van der Waals surface area contributed by atoms with Gasteiger partial charge in [-0.25, -0.2) is 0 Å². The number of amides is 2. The number of likely N-dealkylation sites (tertiary alicyclic amines) is 2. The first kappa shape index (κ1) is 21.4. The van der Waals surface area contributed by atoms with Crippen LogP contribution in [0.2, 0.25) is 0 Å². The SMILES string of the molecule is CC(C)CN1CCC2(CCCN(C(=O)c3ccccc3)C2CNC(=O)C2CC2)CC1. The highest BCUT2D eigenvalue weighted by molar-refractivity contribution is 5.94. The lowest BCUT2D eigenvalue weighted by Gasteiger charge is -2.53. The molecule has 1 atom stereocenters. The molecular weight excluding hydrogens is 374 g/mol. The van der Waals surface area contributed by atoms with Crippen LogP contribution in [-0.2, 0) is 4.79 Å². The number of carbonyl (C=O) groups excluding carboxylic acids is 2. The maximum atomic E-state index is 13.4. The third-order valence-electron chi connectivity index (χ3n) is 7.33. The zero-order valence-electron chi connectivity index (χ0n) is 18.6. The molecule has 4 rings (SSSR count). The molecule has 0 radical (unpaired) electrons. The first-order valence-electron chi connectivity index (χ1n) is 11.8. The second-order valence-electron chi connectivity index (χ2n) is 10.1. The second-order valence-corrected chi connectivity index (χ2v) is 10.1. The fourth-order valence-corrected chi connectivity index (χ4v) is 5.54. The summed E-state index contributed by atoms with van der Waals surface area (Å²) in [5, 5.41) is 3.22. The van der Waals surface area contributed by atoms with Crippen molar-refractivity contribution in [2.75, 3.05) is 32.7 Å². The normalized spacial score (nSPS) is 24.2. The van der Waals surface area contributed by atoms with Crippen LogP contribution in [-0.4, -0.2) is 60.4 Å². The molecule has 1 aromatic carbocycles. The highest BCUT2D eigenvalue weighted by Crippen LogP contribution is 2.45. The zero-order chi connectivity index (χ0) is 21.1. The van der Waals surface area contributed by atoms with Gasteiger partial charge in [0.15, 0.2) is 0 Å². The molecule has 2 aliphatic heterocycles. The molecule has 0 aromatic heterocycles.